The average molecular weight is 351 g/mol. The van der Waals surface area contributed by atoms with Gasteiger partial charge in [0.25, 0.3) is 0 Å². The Morgan fingerprint density at radius 3 is 2.73 bits per heavy atom. The van der Waals surface area contributed by atoms with Crippen molar-refractivity contribution in [2.24, 2.45) is 0 Å². The molecule has 3 aromatic rings. The third-order valence-corrected chi connectivity index (χ3v) is 4.35. The molecule has 2 heterocycles. The number of aromatic nitrogens is 1. The molecule has 26 heavy (non-hydrogen) atoms. The molecule has 0 spiro atoms. The second kappa shape index (κ2) is 6.63. The van der Waals surface area contributed by atoms with Gasteiger partial charge in [0.05, 0.1) is 18.2 Å². The van der Waals surface area contributed by atoms with E-state index >= 15 is 0 Å². The number of carbonyl (C=O) groups excluding carboxylic acids is 2. The third kappa shape index (κ3) is 3.18. The van der Waals surface area contributed by atoms with E-state index in [1.165, 1.54) is 13.2 Å². The van der Waals surface area contributed by atoms with Crippen LogP contribution in [-0.4, -0.2) is 24.0 Å². The topological polar surface area (TPSA) is 78.6 Å². The molecular formula is C20H17NO5. The van der Waals surface area contributed by atoms with Gasteiger partial charge in [-0.2, -0.15) is 0 Å². The minimum Gasteiger partial charge on any atom is -0.463 e. The number of pyridine rings is 1. The van der Waals surface area contributed by atoms with Crippen LogP contribution in [0.15, 0.2) is 46.9 Å². The zero-order valence-electron chi connectivity index (χ0n) is 14.2. The Kier molecular flexibility index (Phi) is 4.16. The Hall–Kier alpha value is -3.15. The summed E-state index contributed by atoms with van der Waals surface area (Å²) in [4.78, 5) is 28.7. The molecule has 0 saturated heterocycles. The summed E-state index contributed by atoms with van der Waals surface area (Å²) in [6.45, 7) is -0.0642. The largest absolute Gasteiger partial charge is 0.463 e. The van der Waals surface area contributed by atoms with Crippen LogP contribution in [0.1, 0.15) is 51.1 Å². The lowest BCUT2D eigenvalue weighted by Crippen LogP contribution is -2.07. The van der Waals surface area contributed by atoms with E-state index in [1.54, 1.807) is 6.07 Å². The Balaban J connectivity index is 1.56. The van der Waals surface area contributed by atoms with E-state index in [1.807, 2.05) is 30.3 Å². The number of nitrogens with zero attached hydrogens (tertiary/aromatic N) is 1. The molecule has 0 amide bonds. The molecule has 0 aliphatic heterocycles. The van der Waals surface area contributed by atoms with Crippen LogP contribution in [0, 0.1) is 0 Å². The molecule has 0 radical (unpaired) electrons. The lowest BCUT2D eigenvalue weighted by Gasteiger charge is -2.09. The van der Waals surface area contributed by atoms with Gasteiger partial charge in [-0.25, -0.2) is 9.59 Å². The van der Waals surface area contributed by atoms with Crippen molar-refractivity contribution in [3.05, 3.63) is 65.2 Å². The van der Waals surface area contributed by atoms with E-state index < -0.39 is 11.9 Å². The summed E-state index contributed by atoms with van der Waals surface area (Å²) in [5.74, 6) is -0.138. The first-order chi connectivity index (χ1) is 12.7. The number of benzene rings is 1. The van der Waals surface area contributed by atoms with Gasteiger partial charge >= 0.3 is 11.9 Å². The predicted molar refractivity (Wildman–Crippen MR) is 92.9 cm³/mol. The molecule has 2 aromatic heterocycles. The maximum atomic E-state index is 12.6. The fraction of sp³-hybridized carbons (Fsp3) is 0.250. The SMILES string of the molecule is COC(=O)c1ccc(COC(=O)c2cc(C3CC3)nc3ccccc23)o1. The zero-order chi connectivity index (χ0) is 18.1. The number of fused-ring (bicyclic) bond motifs is 1. The molecule has 0 atom stereocenters. The molecule has 6 nitrogen and oxygen atoms in total. The summed E-state index contributed by atoms with van der Waals surface area (Å²) >= 11 is 0. The maximum absolute atomic E-state index is 12.6. The van der Waals surface area contributed by atoms with Gasteiger partial charge in [0.1, 0.15) is 12.4 Å². The van der Waals surface area contributed by atoms with Crippen LogP contribution in [0.2, 0.25) is 0 Å². The summed E-state index contributed by atoms with van der Waals surface area (Å²) in [7, 11) is 1.27. The minimum atomic E-state index is -0.572. The van der Waals surface area contributed by atoms with Gasteiger partial charge in [-0.1, -0.05) is 18.2 Å². The third-order valence-electron chi connectivity index (χ3n) is 4.35. The molecule has 4 rings (SSSR count). The summed E-state index contributed by atoms with van der Waals surface area (Å²) in [5, 5.41) is 0.761. The summed E-state index contributed by atoms with van der Waals surface area (Å²) in [6, 6.07) is 12.4. The molecule has 1 fully saturated rings. The number of ether oxygens (including phenoxy) is 2. The minimum absolute atomic E-state index is 0.0642. The van der Waals surface area contributed by atoms with E-state index in [4.69, 9.17) is 9.15 Å². The molecule has 0 bridgehead atoms. The van der Waals surface area contributed by atoms with Crippen LogP contribution in [0.5, 0.6) is 0 Å². The second-order valence-electron chi connectivity index (χ2n) is 6.22. The van der Waals surface area contributed by atoms with E-state index in [9.17, 15) is 9.59 Å². The number of methoxy groups -OCH3 is 1. The first kappa shape index (κ1) is 16.3. The highest BCUT2D eigenvalue weighted by Gasteiger charge is 2.27. The Labute approximate surface area is 149 Å². The highest BCUT2D eigenvalue weighted by molar-refractivity contribution is 6.03. The van der Waals surface area contributed by atoms with Gasteiger partial charge < -0.3 is 13.9 Å². The van der Waals surface area contributed by atoms with Crippen LogP contribution in [0.25, 0.3) is 10.9 Å². The molecule has 1 aliphatic rings. The van der Waals surface area contributed by atoms with Gasteiger partial charge in [-0.05, 0) is 37.1 Å². The van der Waals surface area contributed by atoms with Crippen LogP contribution in [-0.2, 0) is 16.1 Å². The lowest BCUT2D eigenvalue weighted by molar-refractivity contribution is 0.0440. The molecule has 1 saturated carbocycles. The molecule has 1 aliphatic carbocycles. The predicted octanol–water partition coefficient (Wildman–Crippen LogP) is 3.85. The summed E-state index contributed by atoms with van der Waals surface area (Å²) in [6.07, 6.45) is 2.20. The van der Waals surface area contributed by atoms with Gasteiger partial charge in [0.2, 0.25) is 5.76 Å². The van der Waals surface area contributed by atoms with Gasteiger partial charge in [-0.15, -0.1) is 0 Å². The van der Waals surface area contributed by atoms with E-state index in [2.05, 4.69) is 9.72 Å². The number of hydrogen-bond acceptors (Lipinski definition) is 6. The Morgan fingerprint density at radius 2 is 1.96 bits per heavy atom. The maximum Gasteiger partial charge on any atom is 0.373 e. The average Bonchev–Trinajstić information content (AvgIpc) is 3.42. The fourth-order valence-electron chi connectivity index (χ4n) is 2.83. The number of carbonyl (C=O) groups is 2. The molecule has 0 unspecified atom stereocenters. The van der Waals surface area contributed by atoms with E-state index in [0.717, 1.165) is 29.4 Å². The van der Waals surface area contributed by atoms with Crippen LogP contribution >= 0.6 is 0 Å². The van der Waals surface area contributed by atoms with Gasteiger partial charge in [-0.3, -0.25) is 4.98 Å². The number of para-hydroxylation sites is 1. The highest BCUT2D eigenvalue weighted by atomic mass is 16.5. The number of esters is 2. The standard InChI is InChI=1S/C20H17NO5/c1-24-20(23)18-9-8-13(26-18)11-25-19(22)15-10-17(12-6-7-12)21-16-5-3-2-4-14(15)16/h2-5,8-10,12H,6-7,11H2,1H3. The van der Waals surface area contributed by atoms with Crippen molar-refractivity contribution < 1.29 is 23.5 Å². The van der Waals surface area contributed by atoms with Crippen molar-refractivity contribution in [3.63, 3.8) is 0 Å². The molecule has 0 N–H and O–H groups in total. The van der Waals surface area contributed by atoms with Crippen molar-refractivity contribution in [3.8, 4) is 0 Å². The first-order valence-corrected chi connectivity index (χ1v) is 8.39. The zero-order valence-corrected chi connectivity index (χ0v) is 14.2. The monoisotopic (exact) mass is 351 g/mol. The van der Waals surface area contributed by atoms with Gasteiger partial charge in [0.15, 0.2) is 0 Å². The van der Waals surface area contributed by atoms with E-state index in [-0.39, 0.29) is 12.4 Å². The van der Waals surface area contributed by atoms with Crippen LogP contribution < -0.4 is 0 Å². The summed E-state index contributed by atoms with van der Waals surface area (Å²) < 4.78 is 15.3. The van der Waals surface area contributed by atoms with Crippen molar-refractivity contribution in [2.75, 3.05) is 7.11 Å². The molecule has 6 heteroatoms. The van der Waals surface area contributed by atoms with Gasteiger partial charge in [0, 0.05) is 17.0 Å². The smallest absolute Gasteiger partial charge is 0.373 e. The Bertz CT molecular complexity index is 987. The fourth-order valence-corrected chi connectivity index (χ4v) is 2.83. The Morgan fingerprint density at radius 1 is 1.15 bits per heavy atom. The van der Waals surface area contributed by atoms with Crippen LogP contribution in [0.3, 0.4) is 0 Å². The highest BCUT2D eigenvalue weighted by Crippen LogP contribution is 2.40. The number of rotatable bonds is 5. The molecule has 1 aromatic carbocycles. The second-order valence-corrected chi connectivity index (χ2v) is 6.22. The summed E-state index contributed by atoms with van der Waals surface area (Å²) in [5.41, 5.74) is 2.22. The quantitative estimate of drug-likeness (QED) is 0.650. The van der Waals surface area contributed by atoms with Crippen LogP contribution in [0.4, 0.5) is 0 Å². The molecular weight excluding hydrogens is 334 g/mol. The van der Waals surface area contributed by atoms with Crippen molar-refractivity contribution in [1.82, 2.24) is 4.98 Å². The molecule has 132 valence electrons. The van der Waals surface area contributed by atoms with E-state index in [0.29, 0.717) is 17.2 Å². The first-order valence-electron chi connectivity index (χ1n) is 8.39. The normalized spacial score (nSPS) is 13.6. The number of furan rings is 1. The van der Waals surface area contributed by atoms with Crippen molar-refractivity contribution in [2.45, 2.75) is 25.4 Å². The van der Waals surface area contributed by atoms with Crippen molar-refractivity contribution >= 4 is 22.8 Å². The number of hydrogen-bond donors (Lipinski definition) is 0. The lowest BCUT2D eigenvalue weighted by atomic mass is 10.1. The van der Waals surface area contributed by atoms with Crippen molar-refractivity contribution in [1.29, 1.82) is 0 Å².